The van der Waals surface area contributed by atoms with Crippen LogP contribution in [0.1, 0.15) is 40.0 Å². The van der Waals surface area contributed by atoms with Crippen LogP contribution in [0.3, 0.4) is 0 Å². The lowest BCUT2D eigenvalue weighted by Crippen LogP contribution is -2.35. The summed E-state index contributed by atoms with van der Waals surface area (Å²) in [6, 6.07) is 8.22. The number of hydrogen-bond donors (Lipinski definition) is 3. The smallest absolute Gasteiger partial charge is 0.264 e. The van der Waals surface area contributed by atoms with Gasteiger partial charge in [0.15, 0.2) is 5.11 Å². The van der Waals surface area contributed by atoms with E-state index in [4.69, 9.17) is 12.2 Å². The van der Waals surface area contributed by atoms with Crippen LogP contribution in [0.2, 0.25) is 0 Å². The van der Waals surface area contributed by atoms with Gasteiger partial charge in [-0.15, -0.1) is 0 Å². The number of rotatable bonds is 9. The van der Waals surface area contributed by atoms with Gasteiger partial charge in [0.25, 0.3) is 10.0 Å². The summed E-state index contributed by atoms with van der Waals surface area (Å²) in [4.78, 5) is 7.85. The highest BCUT2D eigenvalue weighted by Gasteiger charge is 2.15. The lowest BCUT2D eigenvalue weighted by atomic mass is 10.0. The van der Waals surface area contributed by atoms with Gasteiger partial charge in [0, 0.05) is 24.1 Å². The molecule has 0 fully saturated rings. The van der Waals surface area contributed by atoms with Gasteiger partial charge in [0.05, 0.1) is 4.90 Å². The molecule has 2 aromatic rings. The first kappa shape index (κ1) is 22.0. The number of nitrogens with zero attached hydrogens (tertiary/aromatic N) is 2. The van der Waals surface area contributed by atoms with Gasteiger partial charge in [-0.25, -0.2) is 23.1 Å². The number of anilines is 2. The van der Waals surface area contributed by atoms with Crippen LogP contribution in [-0.4, -0.2) is 29.5 Å². The second-order valence-corrected chi connectivity index (χ2v) is 9.12. The molecule has 0 aliphatic rings. The van der Waals surface area contributed by atoms with Crippen LogP contribution in [0.15, 0.2) is 47.6 Å². The van der Waals surface area contributed by atoms with E-state index in [1.165, 1.54) is 30.9 Å². The highest BCUT2D eigenvalue weighted by Crippen LogP contribution is 2.16. The van der Waals surface area contributed by atoms with Crippen molar-refractivity contribution in [1.29, 1.82) is 0 Å². The molecule has 1 aromatic carbocycles. The first-order valence-corrected chi connectivity index (χ1v) is 11.1. The summed E-state index contributed by atoms with van der Waals surface area (Å²) in [5.74, 6) is 0.733. The zero-order chi connectivity index (χ0) is 20.6. The Bertz CT molecular complexity index is 856. The van der Waals surface area contributed by atoms with Crippen LogP contribution in [0.25, 0.3) is 0 Å². The van der Waals surface area contributed by atoms with Crippen LogP contribution in [0, 0.1) is 5.92 Å². The minimum absolute atomic E-state index is 0.0292. The summed E-state index contributed by atoms with van der Waals surface area (Å²) in [7, 11) is -3.75. The van der Waals surface area contributed by atoms with Crippen molar-refractivity contribution in [2.75, 3.05) is 10.0 Å². The molecule has 7 nitrogen and oxygen atoms in total. The molecule has 0 saturated carbocycles. The summed E-state index contributed by atoms with van der Waals surface area (Å²) in [6.45, 7) is 6.54. The van der Waals surface area contributed by atoms with Gasteiger partial charge < -0.3 is 10.6 Å². The maximum absolute atomic E-state index is 12.4. The first-order valence-electron chi connectivity index (χ1n) is 9.23. The van der Waals surface area contributed by atoms with Crippen molar-refractivity contribution < 1.29 is 8.42 Å². The predicted molar refractivity (Wildman–Crippen MR) is 117 cm³/mol. The van der Waals surface area contributed by atoms with Crippen LogP contribution < -0.4 is 15.4 Å². The molecule has 1 atom stereocenters. The van der Waals surface area contributed by atoms with E-state index >= 15 is 0 Å². The van der Waals surface area contributed by atoms with Crippen molar-refractivity contribution in [3.63, 3.8) is 0 Å². The average molecular weight is 422 g/mol. The molecule has 152 valence electrons. The largest absolute Gasteiger partial charge is 0.360 e. The Kier molecular flexibility index (Phi) is 8.13. The quantitative estimate of drug-likeness (QED) is 0.530. The van der Waals surface area contributed by atoms with E-state index < -0.39 is 10.0 Å². The number of thiocarbonyl (C=S) groups is 1. The molecule has 0 aliphatic carbocycles. The van der Waals surface area contributed by atoms with Crippen LogP contribution in [0.4, 0.5) is 11.6 Å². The average Bonchev–Trinajstić information content (AvgIpc) is 2.62. The molecule has 0 radical (unpaired) electrons. The molecule has 1 unspecified atom stereocenters. The van der Waals surface area contributed by atoms with Gasteiger partial charge in [-0.05, 0) is 61.8 Å². The fourth-order valence-electron chi connectivity index (χ4n) is 2.54. The molecule has 0 saturated heterocycles. The maximum atomic E-state index is 12.4. The van der Waals surface area contributed by atoms with Gasteiger partial charge in [0.2, 0.25) is 5.95 Å². The van der Waals surface area contributed by atoms with E-state index in [9.17, 15) is 8.42 Å². The summed E-state index contributed by atoms with van der Waals surface area (Å²) in [6.07, 6.45) is 6.33. The minimum Gasteiger partial charge on any atom is -0.360 e. The molecule has 0 spiro atoms. The molecule has 3 N–H and O–H groups in total. The Balaban J connectivity index is 1.88. The number of benzene rings is 1. The topological polar surface area (TPSA) is 96.0 Å². The van der Waals surface area contributed by atoms with E-state index in [0.29, 0.717) is 16.7 Å². The van der Waals surface area contributed by atoms with E-state index in [1.807, 2.05) is 0 Å². The molecule has 1 aromatic heterocycles. The Labute approximate surface area is 172 Å². The monoisotopic (exact) mass is 421 g/mol. The normalized spacial score (nSPS) is 12.4. The fourth-order valence-corrected chi connectivity index (χ4v) is 3.82. The standard InChI is InChI=1S/C19H27N5O2S2/c1-14(2)6-4-7-15(3)22-19(27)23-16-8-10-17(11-9-16)28(25,26)24-18-20-12-5-13-21-18/h5,8-15H,4,6-7H2,1-3H3,(H,20,21,24)(H2,22,23,27). The van der Waals surface area contributed by atoms with Crippen molar-refractivity contribution >= 4 is 39.0 Å². The number of hydrogen-bond acceptors (Lipinski definition) is 5. The second kappa shape index (κ2) is 10.3. The Morgan fingerprint density at radius 2 is 1.71 bits per heavy atom. The van der Waals surface area contributed by atoms with E-state index in [2.05, 4.69) is 46.1 Å². The lowest BCUT2D eigenvalue weighted by molar-refractivity contribution is 0.495. The zero-order valence-corrected chi connectivity index (χ0v) is 18.0. The summed E-state index contributed by atoms with van der Waals surface area (Å²) < 4.78 is 27.1. The summed E-state index contributed by atoms with van der Waals surface area (Å²) in [5, 5.41) is 6.85. The lowest BCUT2D eigenvalue weighted by Gasteiger charge is -2.17. The molecule has 1 heterocycles. The third kappa shape index (κ3) is 7.40. The Morgan fingerprint density at radius 1 is 1.07 bits per heavy atom. The number of nitrogens with one attached hydrogen (secondary N) is 3. The number of sulfonamides is 1. The molecule has 0 aliphatic heterocycles. The molecule has 2 rings (SSSR count). The fraction of sp³-hybridized carbons (Fsp3) is 0.421. The van der Waals surface area contributed by atoms with Gasteiger partial charge in [-0.3, -0.25) is 0 Å². The van der Waals surface area contributed by atoms with Crippen LogP contribution in [0.5, 0.6) is 0 Å². The second-order valence-electron chi connectivity index (χ2n) is 7.03. The highest BCUT2D eigenvalue weighted by atomic mass is 32.2. The highest BCUT2D eigenvalue weighted by molar-refractivity contribution is 7.92. The summed E-state index contributed by atoms with van der Waals surface area (Å²) in [5.41, 5.74) is 0.710. The minimum atomic E-state index is -3.75. The van der Waals surface area contributed by atoms with Crippen molar-refractivity contribution in [2.24, 2.45) is 5.92 Å². The first-order chi connectivity index (χ1) is 13.3. The summed E-state index contributed by atoms with van der Waals surface area (Å²) >= 11 is 5.34. The number of aromatic nitrogens is 2. The van der Waals surface area contributed by atoms with E-state index in [1.54, 1.807) is 18.2 Å². The van der Waals surface area contributed by atoms with E-state index in [-0.39, 0.29) is 16.9 Å². The van der Waals surface area contributed by atoms with Gasteiger partial charge in [-0.1, -0.05) is 26.7 Å². The van der Waals surface area contributed by atoms with Crippen molar-refractivity contribution in [1.82, 2.24) is 15.3 Å². The molecule has 0 amide bonds. The molecular weight excluding hydrogens is 394 g/mol. The zero-order valence-electron chi connectivity index (χ0n) is 16.3. The van der Waals surface area contributed by atoms with Crippen LogP contribution in [-0.2, 0) is 10.0 Å². The predicted octanol–water partition coefficient (Wildman–Crippen LogP) is 3.78. The van der Waals surface area contributed by atoms with Crippen molar-refractivity contribution in [2.45, 2.75) is 51.0 Å². The SMILES string of the molecule is CC(C)CCCC(C)NC(=S)Nc1ccc(S(=O)(=O)Nc2ncccn2)cc1. The molecular formula is C19H27N5O2S2. The third-order valence-electron chi connectivity index (χ3n) is 4.01. The van der Waals surface area contributed by atoms with Crippen molar-refractivity contribution in [3.8, 4) is 0 Å². The maximum Gasteiger partial charge on any atom is 0.264 e. The van der Waals surface area contributed by atoms with Gasteiger partial charge in [0.1, 0.15) is 0 Å². The van der Waals surface area contributed by atoms with Crippen LogP contribution >= 0.6 is 12.2 Å². The Hall–Kier alpha value is -2.26. The van der Waals surface area contributed by atoms with Gasteiger partial charge >= 0.3 is 0 Å². The molecule has 28 heavy (non-hydrogen) atoms. The Morgan fingerprint density at radius 3 is 2.32 bits per heavy atom. The molecule has 9 heteroatoms. The van der Waals surface area contributed by atoms with E-state index in [0.717, 1.165) is 12.8 Å². The van der Waals surface area contributed by atoms with Crippen molar-refractivity contribution in [3.05, 3.63) is 42.7 Å². The molecule has 0 bridgehead atoms. The third-order valence-corrected chi connectivity index (χ3v) is 5.57. The van der Waals surface area contributed by atoms with Gasteiger partial charge in [-0.2, -0.15) is 0 Å².